The Morgan fingerprint density at radius 1 is 1.05 bits per heavy atom. The molecule has 0 spiro atoms. The molecule has 2 aromatic rings. The van der Waals surface area contributed by atoms with Crippen molar-refractivity contribution in [1.82, 2.24) is 14.9 Å². The summed E-state index contributed by atoms with van der Waals surface area (Å²) in [5.74, 6) is 0.601. The Bertz CT molecular complexity index is 991. The second-order valence-corrected chi connectivity index (χ2v) is 9.52. The van der Waals surface area contributed by atoms with E-state index in [4.69, 9.17) is 31.9 Å². The van der Waals surface area contributed by atoms with Crippen molar-refractivity contribution >= 4 is 23.5 Å². The number of aromatic nitrogens is 2. The monoisotopic (exact) mass is 584 g/mol. The summed E-state index contributed by atoms with van der Waals surface area (Å²) in [7, 11) is 0. The van der Waals surface area contributed by atoms with E-state index in [1.54, 1.807) is 17.0 Å². The number of likely N-dealkylation sites (tertiary alicyclic amines) is 1. The minimum Gasteiger partial charge on any atom is -0.508 e. The zero-order chi connectivity index (χ0) is 29.8. The van der Waals surface area contributed by atoms with E-state index in [0.717, 1.165) is 87.5 Å². The number of ether oxygens (including phenoxy) is 2. The topological polar surface area (TPSA) is 131 Å². The van der Waals surface area contributed by atoms with Crippen molar-refractivity contribution < 1.29 is 28.9 Å². The summed E-state index contributed by atoms with van der Waals surface area (Å²) in [5.41, 5.74) is 8.94. The number of aliphatic hydroxyl groups excluding tert-OH is 1. The van der Waals surface area contributed by atoms with Gasteiger partial charge in [0.25, 0.3) is 0 Å². The van der Waals surface area contributed by atoms with Crippen LogP contribution in [0, 0.1) is 0 Å². The second-order valence-electron chi connectivity index (χ2n) is 9.12. The Balaban J connectivity index is 0.000000355. The van der Waals surface area contributed by atoms with Crippen molar-refractivity contribution in [1.29, 1.82) is 0 Å². The van der Waals surface area contributed by atoms with Crippen molar-refractivity contribution in [3.8, 4) is 17.0 Å². The van der Waals surface area contributed by atoms with Crippen LogP contribution in [0.25, 0.3) is 11.3 Å². The lowest BCUT2D eigenvalue weighted by Crippen LogP contribution is -2.28. The molecule has 3 rings (SSSR count). The number of halogens is 2. The number of aliphatic hydroxyl groups is 1. The first-order chi connectivity index (χ1) is 19.3. The van der Waals surface area contributed by atoms with E-state index >= 15 is 0 Å². The van der Waals surface area contributed by atoms with Crippen molar-refractivity contribution in [2.75, 3.05) is 51.9 Å². The zero-order valence-corrected chi connectivity index (χ0v) is 24.9. The van der Waals surface area contributed by atoms with Crippen LogP contribution in [0.2, 0.25) is 5.02 Å². The molecular weight excluding hydrogens is 539 g/mol. The number of nitrogen functional groups attached to an aromatic ring is 1. The number of hydrogen-bond acceptors (Lipinski definition) is 8. The summed E-state index contributed by atoms with van der Waals surface area (Å²) >= 11 is 6.17. The molecule has 9 nitrogen and oxygen atoms in total. The number of hydrogen-bond donors (Lipinski definition) is 3. The van der Waals surface area contributed by atoms with E-state index in [9.17, 15) is 14.3 Å². The van der Waals surface area contributed by atoms with Gasteiger partial charge in [0.1, 0.15) is 18.2 Å². The molecule has 0 radical (unpaired) electrons. The van der Waals surface area contributed by atoms with Gasteiger partial charge in [0.15, 0.2) is 0 Å². The lowest BCUT2D eigenvalue weighted by molar-refractivity contribution is 0.105. The molecule has 11 heteroatoms. The molecule has 1 aromatic heterocycles. The van der Waals surface area contributed by atoms with Gasteiger partial charge in [0, 0.05) is 31.9 Å². The van der Waals surface area contributed by atoms with Gasteiger partial charge in [-0.1, -0.05) is 32.4 Å². The number of anilines is 1. The van der Waals surface area contributed by atoms with E-state index in [-0.39, 0.29) is 18.4 Å². The number of aryl methyl sites for hydroxylation is 2. The average Bonchev–Trinajstić information content (AvgIpc) is 3.50. The first-order valence-corrected chi connectivity index (χ1v) is 14.5. The number of nitrogens with two attached hydrogens (primary N) is 1. The summed E-state index contributed by atoms with van der Waals surface area (Å²) in [4.78, 5) is 22.3. The number of phenolic OH excluding ortho intramolecular Hbond substituents is 1. The van der Waals surface area contributed by atoms with Gasteiger partial charge >= 0.3 is 6.09 Å². The van der Waals surface area contributed by atoms with Crippen LogP contribution < -0.4 is 5.73 Å². The molecule has 1 fully saturated rings. The highest BCUT2D eigenvalue weighted by Crippen LogP contribution is 2.32. The minimum atomic E-state index is -0.625. The van der Waals surface area contributed by atoms with Gasteiger partial charge in [0.2, 0.25) is 0 Å². The maximum absolute atomic E-state index is 11.5. The molecular formula is C29H46ClFN4O5. The molecule has 2 heterocycles. The average molecular weight is 585 g/mol. The number of unbranched alkanes of at least 4 members (excludes halogenated alkanes) is 2. The fourth-order valence-corrected chi connectivity index (χ4v) is 4.08. The first-order valence-electron chi connectivity index (χ1n) is 14.1. The number of carbonyl (C=O) groups excluding carboxylic acids is 1. The van der Waals surface area contributed by atoms with Crippen LogP contribution in [0.4, 0.5) is 15.0 Å². The summed E-state index contributed by atoms with van der Waals surface area (Å²) in [6.07, 6.45) is 7.66. The Hall–Kier alpha value is -2.69. The highest BCUT2D eigenvalue weighted by Gasteiger charge is 2.18. The van der Waals surface area contributed by atoms with Crippen molar-refractivity contribution in [2.24, 2.45) is 0 Å². The number of rotatable bonds is 12. The maximum atomic E-state index is 11.5. The quantitative estimate of drug-likeness (QED) is 0.260. The summed E-state index contributed by atoms with van der Waals surface area (Å²) in [6.45, 7) is 9.06. The number of nitrogens with zero attached hydrogens (tertiary/aromatic N) is 3. The number of alkyl halides is 1. The third-order valence-corrected chi connectivity index (χ3v) is 6.22. The molecule has 0 saturated carbocycles. The van der Waals surface area contributed by atoms with Crippen LogP contribution >= 0.6 is 11.6 Å². The lowest BCUT2D eigenvalue weighted by atomic mass is 10.1. The second kappa shape index (κ2) is 21.1. The van der Waals surface area contributed by atoms with Crippen molar-refractivity contribution in [3.63, 3.8) is 0 Å². The molecule has 0 atom stereocenters. The molecule has 4 N–H and O–H groups in total. The first kappa shape index (κ1) is 35.3. The predicted octanol–water partition coefficient (Wildman–Crippen LogP) is 5.97. The Morgan fingerprint density at radius 2 is 1.70 bits per heavy atom. The number of amides is 1. The van der Waals surface area contributed by atoms with Gasteiger partial charge in [-0.3, -0.25) is 0 Å². The zero-order valence-electron chi connectivity index (χ0n) is 24.1. The normalized spacial score (nSPS) is 12.3. The molecule has 1 aromatic carbocycles. The standard InChI is InChI=1S/C14H16ClN3O.C13H25NO3.C2H5FO/c1-3-11-13(17-12(4-2)14(16)18-11)9-6-5-8(19)7-10(9)15;1-2-10-16-11-6-3-7-12-17-13(15)14-8-4-5-9-14;3-1-2-4/h5-7,19H,3-4H2,1-2H3,(H2,16,18);2-12H2,1H3;4H,1-2H2. The minimum absolute atomic E-state index is 0.130. The van der Waals surface area contributed by atoms with Crippen LogP contribution in [0.5, 0.6) is 5.75 Å². The van der Waals surface area contributed by atoms with Gasteiger partial charge in [-0.05, 0) is 69.6 Å². The number of benzene rings is 1. The fourth-order valence-electron chi connectivity index (χ4n) is 3.82. The fraction of sp³-hybridized carbons (Fsp3) is 0.621. The molecule has 226 valence electrons. The molecule has 0 unspecified atom stereocenters. The number of carbonyl (C=O) groups is 1. The molecule has 40 heavy (non-hydrogen) atoms. The smallest absolute Gasteiger partial charge is 0.409 e. The van der Waals surface area contributed by atoms with Crippen molar-refractivity contribution in [2.45, 2.75) is 72.1 Å². The summed E-state index contributed by atoms with van der Waals surface area (Å²) in [5, 5.41) is 17.4. The third-order valence-electron chi connectivity index (χ3n) is 5.90. The highest BCUT2D eigenvalue weighted by molar-refractivity contribution is 6.33. The largest absolute Gasteiger partial charge is 0.508 e. The van der Waals surface area contributed by atoms with Crippen LogP contribution in [0.3, 0.4) is 0 Å². The van der Waals surface area contributed by atoms with E-state index in [1.807, 2.05) is 13.8 Å². The van der Waals surface area contributed by atoms with Gasteiger partial charge in [0.05, 0.1) is 35.3 Å². The van der Waals surface area contributed by atoms with E-state index in [2.05, 4.69) is 16.9 Å². The van der Waals surface area contributed by atoms with Crippen molar-refractivity contribution in [3.05, 3.63) is 34.6 Å². The Kier molecular flexibility index (Phi) is 18.6. The van der Waals surface area contributed by atoms with Gasteiger partial charge < -0.3 is 30.3 Å². The summed E-state index contributed by atoms with van der Waals surface area (Å²) in [6, 6.07) is 4.83. The Morgan fingerprint density at radius 3 is 2.27 bits per heavy atom. The van der Waals surface area contributed by atoms with Crippen LogP contribution in [0.1, 0.15) is 70.7 Å². The number of phenols is 1. The third kappa shape index (κ3) is 13.1. The molecule has 1 aliphatic rings. The predicted molar refractivity (Wildman–Crippen MR) is 157 cm³/mol. The Labute approximate surface area is 242 Å². The highest BCUT2D eigenvalue weighted by atomic mass is 35.5. The van der Waals surface area contributed by atoms with Gasteiger partial charge in [-0.25, -0.2) is 19.2 Å². The van der Waals surface area contributed by atoms with Gasteiger partial charge in [-0.2, -0.15) is 0 Å². The van der Waals surface area contributed by atoms with Crippen LogP contribution in [-0.2, 0) is 22.3 Å². The van der Waals surface area contributed by atoms with Crippen LogP contribution in [0.15, 0.2) is 18.2 Å². The number of aromatic hydroxyl groups is 1. The molecule has 1 saturated heterocycles. The molecule has 0 aliphatic carbocycles. The lowest BCUT2D eigenvalue weighted by Gasteiger charge is -2.14. The van der Waals surface area contributed by atoms with E-state index in [1.165, 1.54) is 6.07 Å². The SMILES string of the molecule is CCCOCCCCCOC(=O)N1CCCC1.CCc1nc(-c2ccc(O)cc2Cl)c(CC)nc1N.OCCF. The van der Waals surface area contributed by atoms with E-state index in [0.29, 0.717) is 30.3 Å². The molecule has 1 amide bonds. The van der Waals surface area contributed by atoms with Crippen LogP contribution in [-0.4, -0.2) is 77.4 Å². The maximum Gasteiger partial charge on any atom is 0.409 e. The molecule has 1 aliphatic heterocycles. The van der Waals surface area contributed by atoms with Gasteiger partial charge in [-0.15, -0.1) is 0 Å². The van der Waals surface area contributed by atoms with E-state index < -0.39 is 6.67 Å². The summed E-state index contributed by atoms with van der Waals surface area (Å²) < 4.78 is 21.0. The molecule has 0 bridgehead atoms.